The molecule has 2 atom stereocenters. The molecule has 0 aromatic rings. The molecule has 2 unspecified atom stereocenters. The van der Waals surface area contributed by atoms with E-state index >= 15 is 0 Å². The van der Waals surface area contributed by atoms with Gasteiger partial charge in [0.25, 0.3) is 7.82 Å². The first-order chi connectivity index (χ1) is 42.5. The molecular formula is C77H150NO8P. The predicted molar refractivity (Wildman–Crippen MR) is 375 cm³/mol. The van der Waals surface area contributed by atoms with Gasteiger partial charge in [0.2, 0.25) is 0 Å². The van der Waals surface area contributed by atoms with Gasteiger partial charge in [-0.2, -0.15) is 0 Å². The van der Waals surface area contributed by atoms with Gasteiger partial charge in [0.1, 0.15) is 19.8 Å². The van der Waals surface area contributed by atoms with Crippen LogP contribution in [0.4, 0.5) is 0 Å². The predicted octanol–water partition coefficient (Wildman–Crippen LogP) is 24.6. The van der Waals surface area contributed by atoms with Crippen LogP contribution >= 0.6 is 7.82 Å². The number of ether oxygens (including phenoxy) is 2. The molecule has 0 rings (SSSR count). The van der Waals surface area contributed by atoms with Crippen LogP contribution in [0.25, 0.3) is 0 Å². The second-order valence-electron chi connectivity index (χ2n) is 27.7. The maximum absolute atomic E-state index is 12.9. The summed E-state index contributed by atoms with van der Waals surface area (Å²) in [5.74, 6) is -0.805. The lowest BCUT2D eigenvalue weighted by atomic mass is 10.0. The van der Waals surface area contributed by atoms with E-state index < -0.39 is 26.5 Å². The van der Waals surface area contributed by atoms with E-state index in [9.17, 15) is 19.0 Å². The van der Waals surface area contributed by atoms with Crippen molar-refractivity contribution in [3.63, 3.8) is 0 Å². The number of phosphoric acid groups is 1. The number of hydrogen-bond donors (Lipinski definition) is 0. The van der Waals surface area contributed by atoms with Crippen LogP contribution in [0, 0.1) is 0 Å². The minimum atomic E-state index is -4.64. The highest BCUT2D eigenvalue weighted by molar-refractivity contribution is 7.45. The second-order valence-corrected chi connectivity index (χ2v) is 29.1. The zero-order valence-electron chi connectivity index (χ0n) is 59.0. The zero-order valence-corrected chi connectivity index (χ0v) is 59.9. The Morgan fingerprint density at radius 1 is 0.356 bits per heavy atom. The van der Waals surface area contributed by atoms with Gasteiger partial charge < -0.3 is 27.9 Å². The van der Waals surface area contributed by atoms with Crippen molar-refractivity contribution >= 4 is 19.8 Å². The van der Waals surface area contributed by atoms with Gasteiger partial charge in [-0.3, -0.25) is 14.2 Å². The molecule has 0 bridgehead atoms. The maximum atomic E-state index is 12.9. The van der Waals surface area contributed by atoms with Crippen LogP contribution in [0.1, 0.15) is 406 Å². The van der Waals surface area contributed by atoms with E-state index in [-0.39, 0.29) is 32.0 Å². The van der Waals surface area contributed by atoms with E-state index in [1.807, 2.05) is 21.1 Å². The summed E-state index contributed by atoms with van der Waals surface area (Å²) in [4.78, 5) is 38.1. The van der Waals surface area contributed by atoms with E-state index in [1.165, 1.54) is 334 Å². The van der Waals surface area contributed by atoms with Crippen LogP contribution in [0.2, 0.25) is 0 Å². The van der Waals surface area contributed by atoms with Gasteiger partial charge in [-0.25, -0.2) is 0 Å². The molecule has 0 spiro atoms. The van der Waals surface area contributed by atoms with Crippen LogP contribution in [0.5, 0.6) is 0 Å². The Morgan fingerprint density at radius 2 is 0.621 bits per heavy atom. The topological polar surface area (TPSA) is 111 Å². The van der Waals surface area contributed by atoms with Crippen molar-refractivity contribution in [1.29, 1.82) is 0 Å². The van der Waals surface area contributed by atoms with Crippen molar-refractivity contribution in [3.8, 4) is 0 Å². The summed E-state index contributed by atoms with van der Waals surface area (Å²) in [7, 11) is 1.19. The summed E-state index contributed by atoms with van der Waals surface area (Å²) in [6.45, 7) is 4.32. The Labute approximate surface area is 542 Å². The highest BCUT2D eigenvalue weighted by Gasteiger charge is 2.22. The van der Waals surface area contributed by atoms with Crippen molar-refractivity contribution in [1.82, 2.24) is 0 Å². The number of likely N-dealkylation sites (N-methyl/N-ethyl adjacent to an activating group) is 1. The molecule has 87 heavy (non-hydrogen) atoms. The minimum absolute atomic E-state index is 0.0261. The van der Waals surface area contributed by atoms with Crippen LogP contribution in [-0.4, -0.2) is 70.0 Å². The minimum Gasteiger partial charge on any atom is -0.756 e. The highest BCUT2D eigenvalue weighted by Crippen LogP contribution is 2.38. The largest absolute Gasteiger partial charge is 0.756 e. The number of unbranched alkanes of at least 4 members (excludes halogenated alkanes) is 55. The van der Waals surface area contributed by atoms with E-state index in [2.05, 4.69) is 38.2 Å². The second kappa shape index (κ2) is 68.8. The number of carbonyl (C=O) groups is 2. The quantitative estimate of drug-likeness (QED) is 0.0195. The summed E-state index contributed by atoms with van der Waals surface area (Å²) in [5, 5.41) is 0. The van der Waals surface area contributed by atoms with Crippen molar-refractivity contribution < 1.29 is 42.1 Å². The number of allylic oxidation sites excluding steroid dienone is 4. The molecule has 9 nitrogen and oxygen atoms in total. The Morgan fingerprint density at radius 3 is 0.908 bits per heavy atom. The van der Waals surface area contributed by atoms with Gasteiger partial charge in [-0.1, -0.05) is 372 Å². The van der Waals surface area contributed by atoms with Crippen molar-refractivity contribution in [2.24, 2.45) is 0 Å². The third-order valence-corrected chi connectivity index (χ3v) is 18.7. The Kier molecular flexibility index (Phi) is 67.7. The molecule has 0 aliphatic rings. The first kappa shape index (κ1) is 85.5. The number of esters is 2. The standard InChI is InChI=1S/C77H150NO8P/c1-6-8-10-12-14-16-18-20-22-24-26-28-30-32-34-35-36-37-38-39-40-41-42-43-44-46-48-50-52-54-56-58-60-62-64-66-68-70-77(80)86-75(74-85-87(81,82)84-72-71-78(3,4)5)73-83-76(79)69-67-65-63-61-59-57-55-53-51-49-47-45-33-31-29-27-25-23-21-19-17-15-13-11-9-7-2/h18,20,24,26,75H,6-17,19,21-23,25,27-74H2,1-5H3/b20-18-,26-24-. The number of hydrogen-bond acceptors (Lipinski definition) is 8. The third-order valence-electron chi connectivity index (χ3n) is 17.7. The van der Waals surface area contributed by atoms with Crippen molar-refractivity contribution in [2.75, 3.05) is 47.5 Å². The monoisotopic (exact) mass is 1250 g/mol. The number of nitrogens with zero attached hydrogens (tertiary/aromatic N) is 1. The van der Waals surface area contributed by atoms with Crippen molar-refractivity contribution in [2.45, 2.75) is 412 Å². The summed E-state index contributed by atoms with van der Waals surface area (Å²) in [5.41, 5.74) is 0. The molecule has 0 saturated heterocycles. The van der Waals surface area contributed by atoms with Gasteiger partial charge in [0, 0.05) is 12.8 Å². The lowest BCUT2D eigenvalue weighted by molar-refractivity contribution is -0.870. The van der Waals surface area contributed by atoms with E-state index in [0.717, 1.165) is 38.5 Å². The highest BCUT2D eigenvalue weighted by atomic mass is 31.2. The summed E-state index contributed by atoms with van der Waals surface area (Å²) in [6, 6.07) is 0. The van der Waals surface area contributed by atoms with Gasteiger partial charge in [0.15, 0.2) is 6.10 Å². The zero-order chi connectivity index (χ0) is 63.4. The molecule has 0 fully saturated rings. The van der Waals surface area contributed by atoms with Crippen LogP contribution in [0.15, 0.2) is 24.3 Å². The summed E-state index contributed by atoms with van der Waals surface area (Å²) >= 11 is 0. The fourth-order valence-electron chi connectivity index (χ4n) is 11.8. The molecule has 516 valence electrons. The van der Waals surface area contributed by atoms with Gasteiger partial charge in [-0.15, -0.1) is 0 Å². The number of phosphoric ester groups is 1. The fourth-order valence-corrected chi connectivity index (χ4v) is 12.5. The molecule has 0 heterocycles. The Hall–Kier alpha value is -1.51. The smallest absolute Gasteiger partial charge is 0.306 e. The molecule has 0 aliphatic carbocycles. The summed E-state index contributed by atoms with van der Waals surface area (Å²) < 4.78 is 34.4. The fraction of sp³-hybridized carbons (Fsp3) is 0.922. The number of quaternary nitrogens is 1. The van der Waals surface area contributed by atoms with Crippen molar-refractivity contribution in [3.05, 3.63) is 24.3 Å². The molecule has 0 saturated carbocycles. The van der Waals surface area contributed by atoms with Gasteiger partial charge in [-0.05, 0) is 44.9 Å². The van der Waals surface area contributed by atoms with E-state index in [1.54, 1.807) is 0 Å². The van der Waals surface area contributed by atoms with Gasteiger partial charge >= 0.3 is 11.9 Å². The number of carbonyl (C=O) groups excluding carboxylic acids is 2. The van der Waals surface area contributed by atoms with E-state index in [4.69, 9.17) is 18.5 Å². The van der Waals surface area contributed by atoms with Crippen LogP contribution < -0.4 is 4.89 Å². The molecule has 10 heteroatoms. The molecule has 0 N–H and O–H groups in total. The summed E-state index contributed by atoms with van der Waals surface area (Å²) in [6.07, 6.45) is 87.2. The number of rotatable bonds is 73. The lowest BCUT2D eigenvalue weighted by Gasteiger charge is -2.28. The molecular weight excluding hydrogens is 1100 g/mol. The van der Waals surface area contributed by atoms with Gasteiger partial charge in [0.05, 0.1) is 27.7 Å². The molecule has 0 amide bonds. The lowest BCUT2D eigenvalue weighted by Crippen LogP contribution is -2.37. The van der Waals surface area contributed by atoms with Crippen LogP contribution in [0.3, 0.4) is 0 Å². The normalized spacial score (nSPS) is 13.1. The van der Waals surface area contributed by atoms with E-state index in [0.29, 0.717) is 17.4 Å². The first-order valence-corrected chi connectivity index (χ1v) is 40.0. The first-order valence-electron chi connectivity index (χ1n) is 38.5. The van der Waals surface area contributed by atoms with Crippen LogP contribution in [-0.2, 0) is 32.7 Å². The molecule has 0 aromatic heterocycles. The molecule has 0 aliphatic heterocycles. The molecule has 0 radical (unpaired) electrons. The maximum Gasteiger partial charge on any atom is 0.306 e. The average Bonchev–Trinajstić information content (AvgIpc) is 3.56. The molecule has 0 aromatic carbocycles. The third kappa shape index (κ3) is 73.4. The average molecular weight is 1250 g/mol. The Balaban J connectivity index is 3.91. The Bertz CT molecular complexity index is 1510. The SMILES string of the molecule is CCCCCCC/C=C\C/C=C\CCCCCCCCCCCCCCCCCCCCCCCCCCCC(=O)OC(COC(=O)CCCCCCCCCCCCCCCCCCCCCCCCCCCC)COP(=O)([O-])OCC[N+](C)(C)C.